The number of rotatable bonds is 7. The molecule has 1 fully saturated rings. The molecule has 2 N–H and O–H groups in total. The molecule has 0 bridgehead atoms. The minimum atomic E-state index is -4.61. The molecule has 2 aromatic heterocycles. The van der Waals surface area contributed by atoms with Crippen LogP contribution in [0.15, 0.2) is 79.3 Å². The fourth-order valence-electron chi connectivity index (χ4n) is 4.40. The summed E-state index contributed by atoms with van der Waals surface area (Å²) in [6.45, 7) is 3.66. The first kappa shape index (κ1) is 26.2. The zero-order valence-corrected chi connectivity index (χ0v) is 21.2. The molecular weight excluding hydrogens is 509 g/mol. The minimum Gasteiger partial charge on any atom is -0.378 e. The monoisotopic (exact) mass is 536 g/mol. The molecule has 3 heterocycles. The number of nitrogens with one attached hydrogen (secondary N) is 2. The van der Waals surface area contributed by atoms with Gasteiger partial charge >= 0.3 is 6.18 Å². The van der Waals surface area contributed by atoms with Crippen molar-refractivity contribution in [2.75, 3.05) is 41.8 Å². The lowest BCUT2D eigenvalue weighted by Gasteiger charge is -2.31. The van der Waals surface area contributed by atoms with Crippen molar-refractivity contribution in [3.05, 3.63) is 85.1 Å². The van der Waals surface area contributed by atoms with Crippen molar-refractivity contribution in [2.24, 2.45) is 0 Å². The number of alkyl halides is 3. The lowest BCUT2D eigenvalue weighted by Crippen LogP contribution is -2.37. The topological polar surface area (TPSA) is 84.3 Å². The fourth-order valence-corrected chi connectivity index (χ4v) is 4.40. The van der Waals surface area contributed by atoms with E-state index in [1.165, 1.54) is 6.20 Å². The highest BCUT2D eigenvalue weighted by atomic mass is 19.4. The molecule has 4 aromatic rings. The molecule has 39 heavy (non-hydrogen) atoms. The molecule has 0 radical (unpaired) electrons. The second kappa shape index (κ2) is 11.2. The number of morpholine rings is 1. The third-order valence-electron chi connectivity index (χ3n) is 6.38. The summed E-state index contributed by atoms with van der Waals surface area (Å²) >= 11 is 0. The van der Waals surface area contributed by atoms with Crippen LogP contribution in [0.1, 0.15) is 12.7 Å². The van der Waals surface area contributed by atoms with Gasteiger partial charge in [0.2, 0.25) is 11.7 Å². The van der Waals surface area contributed by atoms with Crippen molar-refractivity contribution in [3.8, 4) is 16.8 Å². The predicted octanol–water partition coefficient (Wildman–Crippen LogP) is 5.23. The van der Waals surface area contributed by atoms with Crippen LogP contribution in [0.3, 0.4) is 0 Å². The Morgan fingerprint density at radius 3 is 2.44 bits per heavy atom. The van der Waals surface area contributed by atoms with Gasteiger partial charge in [0, 0.05) is 42.9 Å². The Balaban J connectivity index is 1.33. The lowest BCUT2D eigenvalue weighted by atomic mass is 10.1. The number of imidazole rings is 1. The Hall–Kier alpha value is -4.38. The summed E-state index contributed by atoms with van der Waals surface area (Å²) in [5, 5.41) is 5.95. The zero-order valence-electron chi connectivity index (χ0n) is 21.2. The summed E-state index contributed by atoms with van der Waals surface area (Å²) < 4.78 is 47.2. The molecule has 1 atom stereocenters. The van der Waals surface area contributed by atoms with Crippen molar-refractivity contribution in [2.45, 2.75) is 19.1 Å². The van der Waals surface area contributed by atoms with Crippen LogP contribution in [0.2, 0.25) is 0 Å². The van der Waals surface area contributed by atoms with Crippen LogP contribution in [0.25, 0.3) is 16.8 Å². The van der Waals surface area contributed by atoms with Crippen molar-refractivity contribution < 1.29 is 22.7 Å². The lowest BCUT2D eigenvalue weighted by molar-refractivity contribution is -0.145. The van der Waals surface area contributed by atoms with Crippen LogP contribution in [0.4, 0.5) is 30.4 Å². The number of carbonyl (C=O) groups excluding carboxylic acids is 1. The summed E-state index contributed by atoms with van der Waals surface area (Å²) in [7, 11) is 0. The fraction of sp³-hybridized carbons (Fsp3) is 0.250. The van der Waals surface area contributed by atoms with E-state index in [1.54, 1.807) is 37.4 Å². The number of nitrogens with zero attached hydrogens (tertiary/aromatic N) is 4. The normalized spacial score (nSPS) is 14.6. The second-order valence-electron chi connectivity index (χ2n) is 9.07. The Morgan fingerprint density at radius 1 is 0.974 bits per heavy atom. The molecule has 202 valence electrons. The van der Waals surface area contributed by atoms with Crippen LogP contribution >= 0.6 is 0 Å². The molecule has 0 aliphatic carbocycles. The maximum Gasteiger partial charge on any atom is 0.450 e. The third kappa shape index (κ3) is 6.04. The molecular formula is C28H27F3N6O2. The average Bonchev–Trinajstić information content (AvgIpc) is 3.45. The quantitative estimate of drug-likeness (QED) is 0.337. The number of amides is 1. The highest BCUT2D eigenvalue weighted by Gasteiger charge is 2.37. The molecule has 1 amide bonds. The van der Waals surface area contributed by atoms with Gasteiger partial charge in [0.1, 0.15) is 11.9 Å². The number of halogens is 3. The van der Waals surface area contributed by atoms with E-state index in [2.05, 4.69) is 20.6 Å². The van der Waals surface area contributed by atoms with Gasteiger partial charge in [-0.1, -0.05) is 30.3 Å². The highest BCUT2D eigenvalue weighted by Crippen LogP contribution is 2.35. The molecule has 2 aromatic carbocycles. The summed E-state index contributed by atoms with van der Waals surface area (Å²) in [5.74, 6) is -0.894. The standard InChI is InChI=1S/C28H27F3N6O2/c1-19(26(38)35-25-10-7-21(18-33-25)20-5-3-2-4-6-20)34-22-8-9-23(24(17-22)36-13-15-39-16-14-36)37-12-11-32-27(37)28(29,30)31/h2-12,17-19,34H,13-16H2,1H3,(H,33,35,38). The largest absolute Gasteiger partial charge is 0.450 e. The van der Waals surface area contributed by atoms with Gasteiger partial charge in [0.15, 0.2) is 0 Å². The average molecular weight is 537 g/mol. The molecule has 0 spiro atoms. The first-order valence-corrected chi connectivity index (χ1v) is 12.5. The van der Waals surface area contributed by atoms with E-state index in [0.717, 1.165) is 21.9 Å². The van der Waals surface area contributed by atoms with Crippen LogP contribution < -0.4 is 15.5 Å². The smallest absolute Gasteiger partial charge is 0.378 e. The van der Waals surface area contributed by atoms with E-state index in [0.29, 0.717) is 49.2 Å². The molecule has 0 saturated carbocycles. The second-order valence-corrected chi connectivity index (χ2v) is 9.07. The number of hydrogen-bond donors (Lipinski definition) is 2. The summed E-state index contributed by atoms with van der Waals surface area (Å²) in [5.41, 5.74) is 3.46. The van der Waals surface area contributed by atoms with Gasteiger partial charge in [0.25, 0.3) is 0 Å². The van der Waals surface area contributed by atoms with Gasteiger partial charge in [-0.05, 0) is 42.8 Å². The van der Waals surface area contributed by atoms with Gasteiger partial charge in [-0.3, -0.25) is 9.36 Å². The van der Waals surface area contributed by atoms with Crippen LogP contribution in [0, 0.1) is 0 Å². The SMILES string of the molecule is CC(Nc1ccc(-n2ccnc2C(F)(F)F)c(N2CCOCC2)c1)C(=O)Nc1ccc(-c2ccccc2)cn1. The predicted molar refractivity (Wildman–Crippen MR) is 143 cm³/mol. The van der Waals surface area contributed by atoms with E-state index in [-0.39, 0.29) is 5.91 Å². The van der Waals surface area contributed by atoms with Crippen molar-refractivity contribution in [1.82, 2.24) is 14.5 Å². The Morgan fingerprint density at radius 2 is 1.74 bits per heavy atom. The molecule has 11 heteroatoms. The summed E-state index contributed by atoms with van der Waals surface area (Å²) in [6, 6.07) is 17.8. The van der Waals surface area contributed by atoms with E-state index in [1.807, 2.05) is 41.3 Å². The maximum atomic E-state index is 13.6. The first-order chi connectivity index (χ1) is 18.8. The van der Waals surface area contributed by atoms with Crippen molar-refractivity contribution in [3.63, 3.8) is 0 Å². The van der Waals surface area contributed by atoms with E-state index >= 15 is 0 Å². The molecule has 5 rings (SSSR count). The molecule has 8 nitrogen and oxygen atoms in total. The van der Waals surface area contributed by atoms with Crippen LogP contribution in [-0.4, -0.2) is 52.8 Å². The highest BCUT2D eigenvalue weighted by molar-refractivity contribution is 5.95. The zero-order chi connectivity index (χ0) is 27.4. The number of aromatic nitrogens is 3. The number of ether oxygens (including phenoxy) is 1. The first-order valence-electron chi connectivity index (χ1n) is 12.5. The van der Waals surface area contributed by atoms with Crippen LogP contribution in [-0.2, 0) is 15.7 Å². The Bertz CT molecular complexity index is 1420. The van der Waals surface area contributed by atoms with E-state index < -0.39 is 18.0 Å². The Kier molecular flexibility index (Phi) is 7.51. The van der Waals surface area contributed by atoms with Crippen molar-refractivity contribution >= 4 is 23.1 Å². The van der Waals surface area contributed by atoms with Gasteiger partial charge in [-0.2, -0.15) is 13.2 Å². The number of benzene rings is 2. The number of hydrogen-bond acceptors (Lipinski definition) is 6. The molecule has 1 saturated heterocycles. The number of anilines is 3. The summed E-state index contributed by atoms with van der Waals surface area (Å²) in [4.78, 5) is 22.7. The van der Waals surface area contributed by atoms with Gasteiger partial charge in [0.05, 0.1) is 24.6 Å². The van der Waals surface area contributed by atoms with Gasteiger partial charge in [-0.25, -0.2) is 9.97 Å². The van der Waals surface area contributed by atoms with Crippen LogP contribution in [0.5, 0.6) is 0 Å². The van der Waals surface area contributed by atoms with E-state index in [4.69, 9.17) is 4.74 Å². The minimum absolute atomic E-state index is 0.305. The number of pyridine rings is 1. The molecule has 1 unspecified atom stereocenters. The van der Waals surface area contributed by atoms with Gasteiger partial charge in [-0.15, -0.1) is 0 Å². The maximum absolute atomic E-state index is 13.6. The molecule has 1 aliphatic rings. The van der Waals surface area contributed by atoms with Gasteiger partial charge < -0.3 is 20.3 Å². The molecule has 1 aliphatic heterocycles. The Labute approximate surface area is 223 Å². The van der Waals surface area contributed by atoms with E-state index in [9.17, 15) is 18.0 Å². The number of carbonyl (C=O) groups is 1. The third-order valence-corrected chi connectivity index (χ3v) is 6.38. The van der Waals surface area contributed by atoms with Crippen molar-refractivity contribution in [1.29, 1.82) is 0 Å². The summed E-state index contributed by atoms with van der Waals surface area (Å²) in [6.07, 6.45) is -0.490.